The molecule has 0 saturated heterocycles. The Morgan fingerprint density at radius 3 is 2.71 bits per heavy atom. The third kappa shape index (κ3) is 2.69. The number of halogens is 1. The molecular formula is C18H13ClN2OS2. The Morgan fingerprint density at radius 2 is 2.00 bits per heavy atom. The van der Waals surface area contributed by atoms with Crippen LogP contribution in [0.25, 0.3) is 21.3 Å². The Labute approximate surface area is 151 Å². The molecule has 0 unspecified atom stereocenters. The fourth-order valence-corrected chi connectivity index (χ4v) is 4.62. The Kier molecular flexibility index (Phi) is 4.00. The van der Waals surface area contributed by atoms with Gasteiger partial charge in [-0.2, -0.15) is 0 Å². The molecule has 0 aliphatic heterocycles. The first-order valence-corrected chi connectivity index (χ1v) is 9.48. The number of fused-ring (bicyclic) bond motifs is 1. The molecule has 1 aromatic carbocycles. The SMILES string of the molecule is Cc1sc2ncn(Cc3cccs3)c(=O)c2c1-c1ccc(Cl)cc1. The standard InChI is InChI=1S/C18H13ClN2OS2/c1-11-15(12-4-6-13(19)7-5-12)16-17(24-11)20-10-21(18(16)22)9-14-3-2-8-23-14/h2-8,10H,9H2,1H3. The van der Waals surface area contributed by atoms with Gasteiger partial charge in [0, 0.05) is 20.3 Å². The monoisotopic (exact) mass is 372 g/mol. The summed E-state index contributed by atoms with van der Waals surface area (Å²) in [5.74, 6) is 0. The molecule has 0 N–H and O–H groups in total. The first kappa shape index (κ1) is 15.6. The second-order valence-corrected chi connectivity index (χ2v) is 8.15. The van der Waals surface area contributed by atoms with Gasteiger partial charge in [0.2, 0.25) is 0 Å². The van der Waals surface area contributed by atoms with Crippen molar-refractivity contribution in [3.63, 3.8) is 0 Å². The molecule has 24 heavy (non-hydrogen) atoms. The third-order valence-electron chi connectivity index (χ3n) is 3.89. The Hall–Kier alpha value is -1.95. The number of rotatable bonds is 3. The van der Waals surface area contributed by atoms with E-state index in [2.05, 4.69) is 4.98 Å². The largest absolute Gasteiger partial charge is 0.293 e. The van der Waals surface area contributed by atoms with Crippen molar-refractivity contribution in [2.24, 2.45) is 0 Å². The van der Waals surface area contributed by atoms with Crippen LogP contribution in [0.5, 0.6) is 0 Å². The second kappa shape index (κ2) is 6.16. The highest BCUT2D eigenvalue weighted by Crippen LogP contribution is 2.35. The number of benzene rings is 1. The number of nitrogens with zero attached hydrogens (tertiary/aromatic N) is 2. The van der Waals surface area contributed by atoms with Crippen molar-refractivity contribution in [3.05, 3.63) is 73.2 Å². The highest BCUT2D eigenvalue weighted by molar-refractivity contribution is 7.19. The lowest BCUT2D eigenvalue weighted by atomic mass is 10.0. The van der Waals surface area contributed by atoms with Crippen LogP contribution in [0.15, 0.2) is 52.9 Å². The Morgan fingerprint density at radius 1 is 1.21 bits per heavy atom. The molecule has 0 amide bonds. The van der Waals surface area contributed by atoms with Crippen molar-refractivity contribution >= 4 is 44.5 Å². The van der Waals surface area contributed by atoms with Gasteiger partial charge in [-0.25, -0.2) is 4.98 Å². The molecule has 0 spiro atoms. The Balaban J connectivity index is 1.92. The molecule has 0 aliphatic rings. The molecule has 4 aromatic rings. The number of aromatic nitrogens is 2. The molecule has 3 nitrogen and oxygen atoms in total. The van der Waals surface area contributed by atoms with Crippen LogP contribution in [0, 0.1) is 6.92 Å². The topological polar surface area (TPSA) is 34.9 Å². The molecule has 0 atom stereocenters. The third-order valence-corrected chi connectivity index (χ3v) is 6.02. The molecule has 4 rings (SSSR count). The molecule has 6 heteroatoms. The van der Waals surface area contributed by atoms with Crippen LogP contribution in [-0.2, 0) is 6.54 Å². The summed E-state index contributed by atoms with van der Waals surface area (Å²) < 4.78 is 1.68. The zero-order chi connectivity index (χ0) is 16.7. The van der Waals surface area contributed by atoms with Crippen LogP contribution in [-0.4, -0.2) is 9.55 Å². The average Bonchev–Trinajstić information content (AvgIpc) is 3.19. The minimum atomic E-state index is 0.00250. The highest BCUT2D eigenvalue weighted by atomic mass is 35.5. The molecular weight excluding hydrogens is 360 g/mol. The summed E-state index contributed by atoms with van der Waals surface area (Å²) in [7, 11) is 0. The van der Waals surface area contributed by atoms with E-state index in [4.69, 9.17) is 11.6 Å². The molecule has 0 fully saturated rings. The summed E-state index contributed by atoms with van der Waals surface area (Å²) in [6.07, 6.45) is 1.64. The maximum atomic E-state index is 13.0. The number of hydrogen-bond acceptors (Lipinski definition) is 4. The summed E-state index contributed by atoms with van der Waals surface area (Å²) in [4.78, 5) is 20.6. The van der Waals surface area contributed by atoms with Gasteiger partial charge in [0.05, 0.1) is 18.3 Å². The van der Waals surface area contributed by atoms with Crippen molar-refractivity contribution in [1.82, 2.24) is 9.55 Å². The van der Waals surface area contributed by atoms with Gasteiger partial charge >= 0.3 is 0 Å². The van der Waals surface area contributed by atoms with Crippen LogP contribution in [0.4, 0.5) is 0 Å². The first-order valence-electron chi connectivity index (χ1n) is 7.40. The predicted octanol–water partition coefficient (Wildman–Crippen LogP) is 5.20. The van der Waals surface area contributed by atoms with E-state index in [0.717, 1.165) is 25.7 Å². The maximum absolute atomic E-state index is 13.0. The lowest BCUT2D eigenvalue weighted by molar-refractivity contribution is 0.759. The quantitative estimate of drug-likeness (QED) is 0.495. The van der Waals surface area contributed by atoms with Crippen molar-refractivity contribution < 1.29 is 0 Å². The summed E-state index contributed by atoms with van der Waals surface area (Å²) in [5.41, 5.74) is 1.96. The summed E-state index contributed by atoms with van der Waals surface area (Å²) >= 11 is 9.19. The second-order valence-electron chi connectivity index (χ2n) is 5.48. The van der Waals surface area contributed by atoms with Crippen molar-refractivity contribution in [2.75, 3.05) is 0 Å². The van der Waals surface area contributed by atoms with Crippen LogP contribution < -0.4 is 5.56 Å². The summed E-state index contributed by atoms with van der Waals surface area (Å²) in [6, 6.07) is 11.6. The van der Waals surface area contributed by atoms with E-state index in [1.54, 1.807) is 33.6 Å². The molecule has 3 heterocycles. The van der Waals surface area contributed by atoms with Gasteiger partial charge in [-0.3, -0.25) is 9.36 Å². The number of hydrogen-bond donors (Lipinski definition) is 0. The highest BCUT2D eigenvalue weighted by Gasteiger charge is 2.17. The Bertz CT molecular complexity index is 1060. The van der Waals surface area contributed by atoms with Gasteiger partial charge < -0.3 is 0 Å². The molecule has 0 saturated carbocycles. The van der Waals surface area contributed by atoms with Crippen LogP contribution in [0.1, 0.15) is 9.75 Å². The minimum Gasteiger partial charge on any atom is -0.293 e. The minimum absolute atomic E-state index is 0.00250. The van der Waals surface area contributed by atoms with Gasteiger partial charge in [0.25, 0.3) is 5.56 Å². The van der Waals surface area contributed by atoms with E-state index in [9.17, 15) is 4.79 Å². The number of aryl methyl sites for hydroxylation is 1. The molecule has 0 bridgehead atoms. The normalized spacial score (nSPS) is 11.2. The summed E-state index contributed by atoms with van der Waals surface area (Å²) in [5, 5.41) is 3.39. The predicted molar refractivity (Wildman–Crippen MR) is 102 cm³/mol. The van der Waals surface area contributed by atoms with Gasteiger partial charge in [-0.15, -0.1) is 22.7 Å². The van der Waals surface area contributed by atoms with E-state index in [0.29, 0.717) is 17.0 Å². The van der Waals surface area contributed by atoms with E-state index in [-0.39, 0.29) is 5.56 Å². The van der Waals surface area contributed by atoms with E-state index in [1.807, 2.05) is 48.7 Å². The van der Waals surface area contributed by atoms with Crippen LogP contribution in [0.2, 0.25) is 5.02 Å². The zero-order valence-electron chi connectivity index (χ0n) is 12.8. The maximum Gasteiger partial charge on any atom is 0.263 e. The molecule has 3 aromatic heterocycles. The molecule has 120 valence electrons. The van der Waals surface area contributed by atoms with Gasteiger partial charge in [-0.05, 0) is 36.1 Å². The first-order chi connectivity index (χ1) is 11.6. The van der Waals surface area contributed by atoms with Crippen molar-refractivity contribution in [2.45, 2.75) is 13.5 Å². The fourth-order valence-electron chi connectivity index (χ4n) is 2.78. The fraction of sp³-hybridized carbons (Fsp3) is 0.111. The average molecular weight is 373 g/mol. The van der Waals surface area contributed by atoms with Crippen molar-refractivity contribution in [1.29, 1.82) is 0 Å². The summed E-state index contributed by atoms with van der Waals surface area (Å²) in [6.45, 7) is 2.58. The zero-order valence-corrected chi connectivity index (χ0v) is 15.2. The van der Waals surface area contributed by atoms with Crippen LogP contribution >= 0.6 is 34.3 Å². The lowest BCUT2D eigenvalue weighted by Crippen LogP contribution is -2.20. The van der Waals surface area contributed by atoms with E-state index >= 15 is 0 Å². The van der Waals surface area contributed by atoms with E-state index < -0.39 is 0 Å². The lowest BCUT2D eigenvalue weighted by Gasteiger charge is -2.05. The van der Waals surface area contributed by atoms with Gasteiger partial charge in [0.1, 0.15) is 4.83 Å². The molecule has 0 aliphatic carbocycles. The van der Waals surface area contributed by atoms with Crippen LogP contribution in [0.3, 0.4) is 0 Å². The van der Waals surface area contributed by atoms with Crippen molar-refractivity contribution in [3.8, 4) is 11.1 Å². The molecule has 0 radical (unpaired) electrons. The van der Waals surface area contributed by atoms with Gasteiger partial charge in [-0.1, -0.05) is 29.8 Å². The van der Waals surface area contributed by atoms with Gasteiger partial charge in [0.15, 0.2) is 0 Å². The smallest absolute Gasteiger partial charge is 0.263 e. The van der Waals surface area contributed by atoms with E-state index in [1.165, 1.54) is 0 Å². The number of thiophene rings is 2.